The van der Waals surface area contributed by atoms with Crippen molar-refractivity contribution < 1.29 is 9.53 Å². The predicted octanol–water partition coefficient (Wildman–Crippen LogP) is 2.22. The van der Waals surface area contributed by atoms with E-state index in [-0.39, 0.29) is 5.91 Å². The number of nitrogens with zero attached hydrogens (tertiary/aromatic N) is 1. The van der Waals surface area contributed by atoms with Gasteiger partial charge in [-0.25, -0.2) is 0 Å². The van der Waals surface area contributed by atoms with Crippen molar-refractivity contribution in [3.8, 4) is 5.75 Å². The fourth-order valence-corrected chi connectivity index (χ4v) is 2.10. The molecule has 1 amide bonds. The fraction of sp³-hybridized carbons (Fsp3) is 0.400. The van der Waals surface area contributed by atoms with Crippen molar-refractivity contribution in [3.63, 3.8) is 0 Å². The number of rotatable bonds is 4. The Balaban J connectivity index is 1.75. The second-order valence-electron chi connectivity index (χ2n) is 4.82. The number of hydrogen-bond donors (Lipinski definition) is 1. The Kier molecular flexibility index (Phi) is 4.44. The summed E-state index contributed by atoms with van der Waals surface area (Å²) in [5.41, 5.74) is 7.56. The summed E-state index contributed by atoms with van der Waals surface area (Å²) < 4.78 is 5.53. The minimum atomic E-state index is 0.155. The maximum Gasteiger partial charge on any atom is 0.226 e. The van der Waals surface area contributed by atoms with Crippen LogP contribution in [0.25, 0.3) is 0 Å². The quantitative estimate of drug-likeness (QED) is 0.667. The molecule has 1 aromatic rings. The van der Waals surface area contributed by atoms with Gasteiger partial charge < -0.3 is 15.4 Å². The van der Waals surface area contributed by atoms with E-state index in [9.17, 15) is 4.79 Å². The van der Waals surface area contributed by atoms with Crippen LogP contribution in [0.15, 0.2) is 35.9 Å². The summed E-state index contributed by atoms with van der Waals surface area (Å²) in [5.74, 6) is 0.902. The fourth-order valence-electron chi connectivity index (χ4n) is 2.10. The molecule has 1 heterocycles. The second kappa shape index (κ2) is 6.27. The van der Waals surface area contributed by atoms with E-state index in [1.165, 1.54) is 5.57 Å². The zero-order valence-corrected chi connectivity index (χ0v) is 11.3. The largest absolute Gasteiger partial charge is 0.493 e. The van der Waals surface area contributed by atoms with Crippen molar-refractivity contribution in [2.45, 2.75) is 19.8 Å². The highest BCUT2D eigenvalue weighted by Gasteiger charge is 2.15. The topological polar surface area (TPSA) is 55.6 Å². The molecule has 0 fully saturated rings. The molecular formula is C15H20N2O2. The van der Waals surface area contributed by atoms with Crippen molar-refractivity contribution in [1.29, 1.82) is 0 Å². The molecule has 0 spiro atoms. The van der Waals surface area contributed by atoms with Gasteiger partial charge in [-0.3, -0.25) is 4.79 Å². The van der Waals surface area contributed by atoms with Gasteiger partial charge in [0, 0.05) is 18.8 Å². The number of hydrogen-bond acceptors (Lipinski definition) is 3. The predicted molar refractivity (Wildman–Crippen MR) is 75.9 cm³/mol. The summed E-state index contributed by atoms with van der Waals surface area (Å²) in [4.78, 5) is 13.9. The van der Waals surface area contributed by atoms with Gasteiger partial charge in [0.05, 0.1) is 13.0 Å². The minimum Gasteiger partial charge on any atom is -0.493 e. The monoisotopic (exact) mass is 260 g/mol. The van der Waals surface area contributed by atoms with Crippen molar-refractivity contribution >= 4 is 11.6 Å². The first-order valence-corrected chi connectivity index (χ1v) is 6.57. The van der Waals surface area contributed by atoms with Crippen molar-refractivity contribution in [2.24, 2.45) is 0 Å². The van der Waals surface area contributed by atoms with Gasteiger partial charge in [0.25, 0.3) is 0 Å². The number of carbonyl (C=O) groups is 1. The third-order valence-electron chi connectivity index (χ3n) is 3.15. The highest BCUT2D eigenvalue weighted by atomic mass is 16.5. The summed E-state index contributed by atoms with van der Waals surface area (Å²) >= 11 is 0. The molecule has 1 aromatic carbocycles. The van der Waals surface area contributed by atoms with Crippen LogP contribution in [0.1, 0.15) is 19.8 Å². The Bertz CT molecular complexity index is 466. The smallest absolute Gasteiger partial charge is 0.226 e. The van der Waals surface area contributed by atoms with E-state index >= 15 is 0 Å². The molecule has 0 unspecified atom stereocenters. The summed E-state index contributed by atoms with van der Waals surface area (Å²) in [5, 5.41) is 0. The minimum absolute atomic E-state index is 0.155. The van der Waals surface area contributed by atoms with E-state index in [0.29, 0.717) is 18.7 Å². The standard InChI is InChI=1S/C15H20N2O2/c1-12-3-2-9-17(11-12)15(18)8-10-19-14-6-4-13(16)5-7-14/h3-7H,2,8-11,16H2,1H3. The number of carbonyl (C=O) groups excluding carboxylic acids is 1. The van der Waals surface area contributed by atoms with Crippen LogP contribution in [-0.4, -0.2) is 30.5 Å². The molecule has 102 valence electrons. The Morgan fingerprint density at radius 3 is 2.79 bits per heavy atom. The maximum absolute atomic E-state index is 12.0. The van der Waals surface area contributed by atoms with E-state index < -0.39 is 0 Å². The van der Waals surface area contributed by atoms with Gasteiger partial charge in [0.1, 0.15) is 5.75 Å². The summed E-state index contributed by atoms with van der Waals surface area (Å²) in [7, 11) is 0. The number of ether oxygens (including phenoxy) is 1. The summed E-state index contributed by atoms with van der Waals surface area (Å²) in [6.07, 6.45) is 3.56. The highest BCUT2D eigenvalue weighted by Crippen LogP contribution is 2.14. The molecule has 19 heavy (non-hydrogen) atoms. The van der Waals surface area contributed by atoms with Gasteiger partial charge in [-0.1, -0.05) is 11.6 Å². The van der Waals surface area contributed by atoms with E-state index in [2.05, 4.69) is 13.0 Å². The molecule has 0 radical (unpaired) electrons. The highest BCUT2D eigenvalue weighted by molar-refractivity contribution is 5.76. The molecule has 2 rings (SSSR count). The molecule has 0 aromatic heterocycles. The molecule has 1 aliphatic heterocycles. The SMILES string of the molecule is CC1=CCCN(C(=O)CCOc2ccc(N)cc2)C1. The second-order valence-corrected chi connectivity index (χ2v) is 4.82. The van der Waals surface area contributed by atoms with Crippen LogP contribution in [0.2, 0.25) is 0 Å². The number of anilines is 1. The average Bonchev–Trinajstić information content (AvgIpc) is 2.41. The first-order valence-electron chi connectivity index (χ1n) is 6.57. The molecule has 4 nitrogen and oxygen atoms in total. The van der Waals surface area contributed by atoms with Crippen molar-refractivity contribution in [3.05, 3.63) is 35.9 Å². The zero-order chi connectivity index (χ0) is 13.7. The van der Waals surface area contributed by atoms with Gasteiger partial charge >= 0.3 is 0 Å². The van der Waals surface area contributed by atoms with Crippen LogP contribution in [0.5, 0.6) is 5.75 Å². The van der Waals surface area contributed by atoms with Gasteiger partial charge in [-0.2, -0.15) is 0 Å². The third kappa shape index (κ3) is 4.02. The number of benzene rings is 1. The molecule has 0 aliphatic carbocycles. The van der Waals surface area contributed by atoms with Gasteiger partial charge in [-0.15, -0.1) is 0 Å². The Morgan fingerprint density at radius 1 is 1.37 bits per heavy atom. The van der Waals surface area contributed by atoms with Gasteiger partial charge in [-0.05, 0) is 37.6 Å². The van der Waals surface area contributed by atoms with E-state index in [1.54, 1.807) is 12.1 Å². The molecular weight excluding hydrogens is 240 g/mol. The third-order valence-corrected chi connectivity index (χ3v) is 3.15. The lowest BCUT2D eigenvalue weighted by Gasteiger charge is -2.26. The maximum atomic E-state index is 12.0. The van der Waals surface area contributed by atoms with Crippen molar-refractivity contribution in [2.75, 3.05) is 25.4 Å². The lowest BCUT2D eigenvalue weighted by atomic mass is 10.1. The lowest BCUT2D eigenvalue weighted by molar-refractivity contribution is -0.131. The van der Waals surface area contributed by atoms with Crippen LogP contribution in [0, 0.1) is 0 Å². The van der Waals surface area contributed by atoms with E-state index in [4.69, 9.17) is 10.5 Å². The van der Waals surface area contributed by atoms with Crippen LogP contribution in [0.4, 0.5) is 5.69 Å². The van der Waals surface area contributed by atoms with Crippen LogP contribution in [0.3, 0.4) is 0 Å². The zero-order valence-electron chi connectivity index (χ0n) is 11.3. The summed E-state index contributed by atoms with van der Waals surface area (Å²) in [6.45, 7) is 4.03. The van der Waals surface area contributed by atoms with E-state index in [0.717, 1.165) is 25.3 Å². The number of nitrogen functional groups attached to an aromatic ring is 1. The molecule has 0 saturated heterocycles. The average molecular weight is 260 g/mol. The molecule has 0 atom stereocenters. The summed E-state index contributed by atoms with van der Waals surface area (Å²) in [6, 6.07) is 7.20. The van der Waals surface area contributed by atoms with E-state index in [1.807, 2.05) is 17.0 Å². The molecule has 0 bridgehead atoms. The van der Waals surface area contributed by atoms with Crippen LogP contribution < -0.4 is 10.5 Å². The number of amides is 1. The normalized spacial score (nSPS) is 15.0. The Morgan fingerprint density at radius 2 is 2.11 bits per heavy atom. The van der Waals surface area contributed by atoms with Crippen molar-refractivity contribution in [1.82, 2.24) is 4.90 Å². The number of nitrogens with two attached hydrogens (primary N) is 1. The Hall–Kier alpha value is -1.97. The first kappa shape index (κ1) is 13.5. The van der Waals surface area contributed by atoms with Crippen LogP contribution >= 0.6 is 0 Å². The lowest BCUT2D eigenvalue weighted by Crippen LogP contribution is -2.36. The van der Waals surface area contributed by atoms with Crippen LogP contribution in [-0.2, 0) is 4.79 Å². The Labute approximate surface area is 113 Å². The molecule has 0 saturated carbocycles. The van der Waals surface area contributed by atoms with Gasteiger partial charge in [0.15, 0.2) is 0 Å². The molecule has 1 aliphatic rings. The van der Waals surface area contributed by atoms with Gasteiger partial charge in [0.2, 0.25) is 5.91 Å². The molecule has 4 heteroatoms. The molecule has 2 N–H and O–H groups in total. The first-order chi connectivity index (χ1) is 9.15.